The Morgan fingerprint density at radius 1 is 1.13 bits per heavy atom. The van der Waals surface area contributed by atoms with Gasteiger partial charge in [-0.05, 0) is 36.3 Å². The number of esters is 1. The molecule has 0 radical (unpaired) electrons. The van der Waals surface area contributed by atoms with Gasteiger partial charge in [0.15, 0.2) is 11.5 Å². The smallest absolute Gasteiger partial charge is 0.325 e. The van der Waals surface area contributed by atoms with E-state index in [1.165, 1.54) is 12.0 Å². The molecule has 1 heterocycles. The lowest BCUT2D eigenvalue weighted by atomic mass is 10.1. The van der Waals surface area contributed by atoms with Crippen LogP contribution in [0.3, 0.4) is 0 Å². The van der Waals surface area contributed by atoms with E-state index in [0.717, 1.165) is 22.9 Å². The fourth-order valence-electron chi connectivity index (χ4n) is 2.72. The zero-order valence-corrected chi connectivity index (χ0v) is 18.3. The molecule has 0 bridgehead atoms. The summed E-state index contributed by atoms with van der Waals surface area (Å²) in [7, 11) is 1.27. The molecule has 30 heavy (non-hydrogen) atoms. The lowest BCUT2D eigenvalue weighted by molar-refractivity contribution is -0.143. The van der Waals surface area contributed by atoms with Crippen molar-refractivity contribution in [1.82, 2.24) is 4.90 Å². The van der Waals surface area contributed by atoms with Crippen molar-refractivity contribution in [2.75, 3.05) is 20.3 Å². The molecule has 6 nitrogen and oxygen atoms in total. The Hall–Kier alpha value is -2.84. The Morgan fingerprint density at radius 3 is 2.60 bits per heavy atom. The predicted octanol–water partition coefficient (Wildman–Crippen LogP) is 4.04. The molecule has 2 aromatic rings. The first-order valence-corrected chi connectivity index (χ1v) is 10.5. The van der Waals surface area contributed by atoms with Crippen molar-refractivity contribution < 1.29 is 23.8 Å². The van der Waals surface area contributed by atoms with E-state index in [9.17, 15) is 9.59 Å². The largest absolute Gasteiger partial charge is 0.490 e. The first-order chi connectivity index (χ1) is 14.5. The van der Waals surface area contributed by atoms with Gasteiger partial charge in [0.05, 0.1) is 18.6 Å². The van der Waals surface area contributed by atoms with Crippen LogP contribution in [-0.4, -0.2) is 41.4 Å². The van der Waals surface area contributed by atoms with Crippen molar-refractivity contribution in [3.63, 3.8) is 0 Å². The molecule has 1 aliphatic rings. The maximum absolute atomic E-state index is 12.6. The molecule has 0 spiro atoms. The van der Waals surface area contributed by atoms with Crippen LogP contribution in [-0.2, 0) is 20.9 Å². The van der Waals surface area contributed by atoms with Crippen LogP contribution in [0.2, 0.25) is 0 Å². The van der Waals surface area contributed by atoms with Crippen molar-refractivity contribution in [1.29, 1.82) is 0 Å². The van der Waals surface area contributed by atoms with Crippen molar-refractivity contribution in [2.45, 2.75) is 13.5 Å². The highest BCUT2D eigenvalue weighted by atomic mass is 32.2. The second-order valence-electron chi connectivity index (χ2n) is 6.26. The number of rotatable bonds is 8. The predicted molar refractivity (Wildman–Crippen MR) is 120 cm³/mol. The highest BCUT2D eigenvalue weighted by Gasteiger charge is 2.33. The summed E-state index contributed by atoms with van der Waals surface area (Å²) in [5.74, 6) is 0.368. The van der Waals surface area contributed by atoms with E-state index in [2.05, 4.69) is 4.74 Å². The van der Waals surface area contributed by atoms with Gasteiger partial charge in [-0.25, -0.2) is 0 Å². The van der Waals surface area contributed by atoms with Crippen LogP contribution in [0.25, 0.3) is 6.08 Å². The fourth-order valence-corrected chi connectivity index (χ4v) is 3.97. The van der Waals surface area contributed by atoms with E-state index >= 15 is 0 Å². The van der Waals surface area contributed by atoms with Gasteiger partial charge in [0.2, 0.25) is 0 Å². The number of benzene rings is 2. The number of nitrogens with zero attached hydrogens (tertiary/aromatic N) is 1. The van der Waals surface area contributed by atoms with Gasteiger partial charge in [0.1, 0.15) is 17.5 Å². The summed E-state index contributed by atoms with van der Waals surface area (Å²) >= 11 is 6.37. The zero-order valence-electron chi connectivity index (χ0n) is 16.6. The number of ether oxygens (including phenoxy) is 3. The van der Waals surface area contributed by atoms with Crippen LogP contribution in [0.5, 0.6) is 11.5 Å². The van der Waals surface area contributed by atoms with Crippen LogP contribution >= 0.6 is 24.0 Å². The molecule has 1 aliphatic heterocycles. The van der Waals surface area contributed by atoms with Crippen LogP contribution < -0.4 is 9.47 Å². The summed E-state index contributed by atoms with van der Waals surface area (Å²) < 4.78 is 16.6. The number of thioether (sulfide) groups is 1. The van der Waals surface area contributed by atoms with Gasteiger partial charge in [0.25, 0.3) is 5.91 Å². The summed E-state index contributed by atoms with van der Waals surface area (Å²) in [4.78, 5) is 25.8. The van der Waals surface area contributed by atoms with Crippen molar-refractivity contribution in [2.24, 2.45) is 0 Å². The Labute approximate surface area is 184 Å². The topological polar surface area (TPSA) is 65.1 Å². The Morgan fingerprint density at radius 2 is 1.90 bits per heavy atom. The van der Waals surface area contributed by atoms with E-state index in [4.69, 9.17) is 21.7 Å². The van der Waals surface area contributed by atoms with Gasteiger partial charge in [-0.3, -0.25) is 14.5 Å². The van der Waals surface area contributed by atoms with Crippen LogP contribution in [0, 0.1) is 0 Å². The number of amides is 1. The minimum Gasteiger partial charge on any atom is -0.490 e. The minimum absolute atomic E-state index is 0.199. The number of carbonyl (C=O) groups excluding carboxylic acids is 2. The van der Waals surface area contributed by atoms with Crippen LogP contribution in [0.4, 0.5) is 0 Å². The molecule has 0 saturated carbocycles. The second-order valence-corrected chi connectivity index (χ2v) is 7.93. The third-order valence-corrected chi connectivity index (χ3v) is 5.57. The summed E-state index contributed by atoms with van der Waals surface area (Å²) in [5, 5.41) is 0. The highest BCUT2D eigenvalue weighted by Crippen LogP contribution is 2.35. The third-order valence-electron chi connectivity index (χ3n) is 4.19. The first kappa shape index (κ1) is 21.9. The molecule has 1 saturated heterocycles. The highest BCUT2D eigenvalue weighted by molar-refractivity contribution is 8.26. The van der Waals surface area contributed by atoms with E-state index in [1.807, 2.05) is 55.5 Å². The molecule has 8 heteroatoms. The first-order valence-electron chi connectivity index (χ1n) is 9.27. The molecule has 0 unspecified atom stereocenters. The lowest BCUT2D eigenvalue weighted by Gasteiger charge is -2.13. The van der Waals surface area contributed by atoms with Crippen molar-refractivity contribution in [3.05, 3.63) is 64.6 Å². The van der Waals surface area contributed by atoms with Gasteiger partial charge in [0, 0.05) is 0 Å². The van der Waals surface area contributed by atoms with E-state index in [1.54, 1.807) is 6.08 Å². The number of hydrogen-bond acceptors (Lipinski definition) is 7. The Kier molecular flexibility index (Phi) is 7.48. The third kappa shape index (κ3) is 5.40. The lowest BCUT2D eigenvalue weighted by Crippen LogP contribution is -2.33. The minimum atomic E-state index is -0.522. The van der Waals surface area contributed by atoms with Crippen LogP contribution in [0.1, 0.15) is 18.1 Å². The Bertz CT molecular complexity index is 975. The normalized spacial score (nSPS) is 14.9. The van der Waals surface area contributed by atoms with E-state index < -0.39 is 5.97 Å². The number of hydrogen-bond donors (Lipinski definition) is 0. The average molecular weight is 444 g/mol. The zero-order chi connectivity index (χ0) is 21.5. The molecule has 0 N–H and O–H groups in total. The molecule has 0 aliphatic carbocycles. The standard InChI is InChI=1S/C22H21NO5S2/c1-3-27-18-11-16(9-10-17(18)28-14-15-7-5-4-6-8-15)12-19-21(25)23(22(29)30-19)13-20(24)26-2/h4-12H,3,13-14H2,1-2H3/b19-12-. The molecular formula is C22H21NO5S2. The van der Waals surface area contributed by atoms with Gasteiger partial charge >= 0.3 is 5.97 Å². The fraction of sp³-hybridized carbons (Fsp3) is 0.227. The average Bonchev–Trinajstić information content (AvgIpc) is 3.01. The molecule has 1 amide bonds. The van der Waals surface area contributed by atoms with E-state index in [-0.39, 0.29) is 12.5 Å². The van der Waals surface area contributed by atoms with Crippen molar-refractivity contribution >= 4 is 46.3 Å². The number of thiocarbonyl (C=S) groups is 1. The van der Waals surface area contributed by atoms with E-state index in [0.29, 0.717) is 33.9 Å². The summed E-state index contributed by atoms with van der Waals surface area (Å²) in [6.07, 6.45) is 1.72. The maximum Gasteiger partial charge on any atom is 0.325 e. The maximum atomic E-state index is 12.6. The van der Waals surface area contributed by atoms with Gasteiger partial charge in [-0.1, -0.05) is 60.4 Å². The molecule has 3 rings (SSSR count). The molecular weight excluding hydrogens is 422 g/mol. The molecule has 156 valence electrons. The van der Waals surface area contributed by atoms with Crippen LogP contribution in [0.15, 0.2) is 53.4 Å². The second kappa shape index (κ2) is 10.3. The molecule has 0 aromatic heterocycles. The number of carbonyl (C=O) groups is 2. The molecule has 0 atom stereocenters. The monoisotopic (exact) mass is 443 g/mol. The molecule has 2 aromatic carbocycles. The molecule has 1 fully saturated rings. The number of methoxy groups -OCH3 is 1. The van der Waals surface area contributed by atoms with Gasteiger partial charge in [-0.2, -0.15) is 0 Å². The van der Waals surface area contributed by atoms with Gasteiger partial charge < -0.3 is 14.2 Å². The van der Waals surface area contributed by atoms with Gasteiger partial charge in [-0.15, -0.1) is 0 Å². The Balaban J connectivity index is 1.77. The quantitative estimate of drug-likeness (QED) is 0.347. The summed E-state index contributed by atoms with van der Waals surface area (Å²) in [6, 6.07) is 15.3. The summed E-state index contributed by atoms with van der Waals surface area (Å²) in [6.45, 7) is 2.60. The SMILES string of the molecule is CCOc1cc(/C=C2\SC(=S)N(CC(=O)OC)C2=O)ccc1OCc1ccccc1. The summed E-state index contributed by atoms with van der Waals surface area (Å²) in [5.41, 5.74) is 1.82. The van der Waals surface area contributed by atoms with Crippen molar-refractivity contribution in [3.8, 4) is 11.5 Å².